The largest absolute Gasteiger partial charge is 0.355 e. The Bertz CT molecular complexity index is 723. The first-order chi connectivity index (χ1) is 13.1. The number of rotatable bonds is 7. The van der Waals surface area contributed by atoms with Gasteiger partial charge in [-0.25, -0.2) is 0 Å². The number of nitrogens with zero attached hydrogens (tertiary/aromatic N) is 1. The zero-order valence-corrected chi connectivity index (χ0v) is 17.1. The van der Waals surface area contributed by atoms with Gasteiger partial charge in [0, 0.05) is 44.6 Å². The number of nitrogens with one attached hydrogen (secondary N) is 1. The molecule has 3 N–H and O–H groups in total. The van der Waals surface area contributed by atoms with E-state index in [1.165, 1.54) is 11.1 Å². The van der Waals surface area contributed by atoms with Crippen molar-refractivity contribution in [3.8, 4) is 0 Å². The molecule has 3 rings (SSSR count). The summed E-state index contributed by atoms with van der Waals surface area (Å²) in [5.41, 5.74) is 8.74. The minimum atomic E-state index is -0.179. The minimum Gasteiger partial charge on any atom is -0.355 e. The Balaban J connectivity index is 0.00000280. The topological polar surface area (TPSA) is 92.5 Å². The third kappa shape index (κ3) is 5.55. The molecular weight excluding hydrogens is 378 g/mol. The van der Waals surface area contributed by atoms with Crippen LogP contribution in [0.4, 0.5) is 0 Å². The minimum absolute atomic E-state index is 0. The van der Waals surface area contributed by atoms with Gasteiger partial charge in [-0.15, -0.1) is 12.4 Å². The summed E-state index contributed by atoms with van der Waals surface area (Å²) in [6, 6.07) is 5.93. The number of likely N-dealkylation sites (tertiary alicyclic amines) is 1. The summed E-state index contributed by atoms with van der Waals surface area (Å²) in [6.45, 7) is 1.96. The molecular formula is C21H30ClN3O3. The number of nitrogens with two attached hydrogens (primary N) is 1. The van der Waals surface area contributed by atoms with Gasteiger partial charge in [0.2, 0.25) is 11.8 Å². The first-order valence-electron chi connectivity index (χ1n) is 9.99. The molecule has 1 heterocycles. The monoisotopic (exact) mass is 407 g/mol. The van der Waals surface area contributed by atoms with Crippen molar-refractivity contribution in [2.45, 2.75) is 44.9 Å². The number of fused-ring (bicyclic) bond motifs is 1. The van der Waals surface area contributed by atoms with Crippen LogP contribution in [-0.4, -0.2) is 48.7 Å². The van der Waals surface area contributed by atoms with Crippen LogP contribution in [0.25, 0.3) is 0 Å². The molecule has 1 fully saturated rings. The molecule has 6 nitrogen and oxygen atoms in total. The van der Waals surface area contributed by atoms with Gasteiger partial charge >= 0.3 is 0 Å². The Morgan fingerprint density at radius 3 is 2.68 bits per heavy atom. The fourth-order valence-corrected chi connectivity index (χ4v) is 4.03. The molecule has 28 heavy (non-hydrogen) atoms. The Morgan fingerprint density at radius 1 is 1.11 bits per heavy atom. The molecule has 1 atom stereocenters. The molecule has 0 aromatic heterocycles. The number of ketones is 1. The number of piperidine rings is 1. The first-order valence-corrected chi connectivity index (χ1v) is 9.99. The predicted octanol–water partition coefficient (Wildman–Crippen LogP) is 1.87. The van der Waals surface area contributed by atoms with Gasteiger partial charge in [-0.2, -0.15) is 0 Å². The zero-order valence-electron chi connectivity index (χ0n) is 16.2. The fraction of sp³-hybridized carbons (Fsp3) is 0.571. The summed E-state index contributed by atoms with van der Waals surface area (Å²) in [7, 11) is 0. The van der Waals surface area contributed by atoms with Gasteiger partial charge in [-0.3, -0.25) is 14.4 Å². The number of benzene rings is 1. The lowest BCUT2D eigenvalue weighted by Crippen LogP contribution is -2.46. The van der Waals surface area contributed by atoms with Crippen LogP contribution < -0.4 is 11.1 Å². The summed E-state index contributed by atoms with van der Waals surface area (Å²) >= 11 is 0. The molecule has 1 aliphatic carbocycles. The van der Waals surface area contributed by atoms with Crippen LogP contribution in [0.2, 0.25) is 0 Å². The number of Topliss-reactive ketones (excluding diaryl/α,β-unsaturated/α-hetero) is 1. The summed E-state index contributed by atoms with van der Waals surface area (Å²) in [5.74, 6) is -0.234. The van der Waals surface area contributed by atoms with E-state index in [-0.39, 0.29) is 48.8 Å². The van der Waals surface area contributed by atoms with Crippen LogP contribution in [0.15, 0.2) is 18.2 Å². The Kier molecular flexibility index (Phi) is 8.45. The number of hydrogen-bond donors (Lipinski definition) is 2. The van der Waals surface area contributed by atoms with E-state index >= 15 is 0 Å². The first kappa shape index (κ1) is 22.4. The highest BCUT2D eigenvalue weighted by atomic mass is 35.5. The second kappa shape index (κ2) is 10.6. The van der Waals surface area contributed by atoms with Crippen molar-refractivity contribution < 1.29 is 14.4 Å². The van der Waals surface area contributed by atoms with Gasteiger partial charge in [-0.1, -0.05) is 12.1 Å². The summed E-state index contributed by atoms with van der Waals surface area (Å²) in [6.07, 6.45) is 5.30. The smallest absolute Gasteiger partial charge is 0.224 e. The van der Waals surface area contributed by atoms with E-state index in [0.29, 0.717) is 31.7 Å². The van der Waals surface area contributed by atoms with E-state index in [0.717, 1.165) is 32.1 Å². The van der Waals surface area contributed by atoms with Crippen LogP contribution in [0.1, 0.15) is 53.6 Å². The maximum Gasteiger partial charge on any atom is 0.224 e. The van der Waals surface area contributed by atoms with Crippen LogP contribution in [0.5, 0.6) is 0 Å². The molecule has 1 unspecified atom stereocenters. The van der Waals surface area contributed by atoms with Gasteiger partial charge in [0.05, 0.1) is 5.92 Å². The van der Waals surface area contributed by atoms with E-state index in [9.17, 15) is 14.4 Å². The Morgan fingerprint density at radius 2 is 1.89 bits per heavy atom. The molecule has 0 bridgehead atoms. The van der Waals surface area contributed by atoms with E-state index in [2.05, 4.69) is 5.32 Å². The maximum absolute atomic E-state index is 12.5. The SMILES string of the molecule is Cl.NCCNC(=O)C1CCCN(C(=O)CCC(=O)c2ccc3c(c2)CCC3)C1. The molecule has 1 aliphatic heterocycles. The van der Waals surface area contributed by atoms with Crippen molar-refractivity contribution >= 4 is 30.0 Å². The molecule has 7 heteroatoms. The molecule has 0 spiro atoms. The molecule has 0 radical (unpaired) electrons. The van der Waals surface area contributed by atoms with Crippen molar-refractivity contribution in [3.05, 3.63) is 34.9 Å². The lowest BCUT2D eigenvalue weighted by Gasteiger charge is -2.32. The zero-order chi connectivity index (χ0) is 19.2. The molecule has 1 aromatic rings. The second-order valence-corrected chi connectivity index (χ2v) is 7.52. The number of halogens is 1. The van der Waals surface area contributed by atoms with Crippen LogP contribution in [0.3, 0.4) is 0 Å². The number of hydrogen-bond acceptors (Lipinski definition) is 4. The van der Waals surface area contributed by atoms with Crippen LogP contribution in [-0.2, 0) is 22.4 Å². The van der Waals surface area contributed by atoms with Gasteiger partial charge in [-0.05, 0) is 49.3 Å². The van der Waals surface area contributed by atoms with Gasteiger partial charge in [0.1, 0.15) is 0 Å². The maximum atomic E-state index is 12.5. The molecule has 2 aliphatic rings. The Hall–Kier alpha value is -1.92. The van der Waals surface area contributed by atoms with E-state index in [1.807, 2.05) is 18.2 Å². The van der Waals surface area contributed by atoms with Gasteiger partial charge in [0.25, 0.3) is 0 Å². The Labute approximate surface area is 172 Å². The van der Waals surface area contributed by atoms with Crippen molar-refractivity contribution in [1.82, 2.24) is 10.2 Å². The van der Waals surface area contributed by atoms with E-state index in [1.54, 1.807) is 4.90 Å². The number of carbonyl (C=O) groups excluding carboxylic acids is 3. The fourth-order valence-electron chi connectivity index (χ4n) is 4.03. The highest BCUT2D eigenvalue weighted by molar-refractivity contribution is 5.98. The van der Waals surface area contributed by atoms with Crippen molar-refractivity contribution in [3.63, 3.8) is 0 Å². The third-order valence-electron chi connectivity index (χ3n) is 5.57. The van der Waals surface area contributed by atoms with Crippen molar-refractivity contribution in [1.29, 1.82) is 0 Å². The number of carbonyl (C=O) groups is 3. The molecule has 0 saturated carbocycles. The standard InChI is InChI=1S/C21H29N3O3.ClH/c22-10-11-23-21(27)18-5-2-12-24(14-18)20(26)9-8-19(25)17-7-6-15-3-1-4-16(15)13-17;/h6-7,13,18H,1-5,8-12,14,22H2,(H,23,27);1H. The predicted molar refractivity (Wildman–Crippen MR) is 111 cm³/mol. The number of aryl methyl sites for hydroxylation is 2. The lowest BCUT2D eigenvalue weighted by molar-refractivity contribution is -0.135. The lowest BCUT2D eigenvalue weighted by atomic mass is 9.96. The normalized spacial score (nSPS) is 18.2. The number of amides is 2. The molecule has 1 aromatic carbocycles. The average Bonchev–Trinajstić information content (AvgIpc) is 3.17. The van der Waals surface area contributed by atoms with E-state index < -0.39 is 0 Å². The van der Waals surface area contributed by atoms with Crippen molar-refractivity contribution in [2.24, 2.45) is 11.7 Å². The summed E-state index contributed by atoms with van der Waals surface area (Å²) < 4.78 is 0. The summed E-state index contributed by atoms with van der Waals surface area (Å²) in [5, 5.41) is 2.80. The quantitative estimate of drug-likeness (QED) is 0.675. The third-order valence-corrected chi connectivity index (χ3v) is 5.57. The summed E-state index contributed by atoms with van der Waals surface area (Å²) in [4.78, 5) is 38.8. The van der Waals surface area contributed by atoms with Gasteiger partial charge < -0.3 is 16.0 Å². The van der Waals surface area contributed by atoms with Gasteiger partial charge in [0.15, 0.2) is 5.78 Å². The highest BCUT2D eigenvalue weighted by Crippen LogP contribution is 2.24. The molecule has 154 valence electrons. The molecule has 2 amide bonds. The van der Waals surface area contributed by atoms with E-state index in [4.69, 9.17) is 5.73 Å². The highest BCUT2D eigenvalue weighted by Gasteiger charge is 2.28. The second-order valence-electron chi connectivity index (χ2n) is 7.52. The van der Waals surface area contributed by atoms with Crippen LogP contribution in [0, 0.1) is 5.92 Å². The van der Waals surface area contributed by atoms with Crippen LogP contribution >= 0.6 is 12.4 Å². The molecule has 1 saturated heterocycles. The average molecular weight is 408 g/mol. The van der Waals surface area contributed by atoms with Crippen molar-refractivity contribution in [2.75, 3.05) is 26.2 Å².